The fourth-order valence-corrected chi connectivity index (χ4v) is 3.09. The zero-order chi connectivity index (χ0) is 20.8. The number of carbonyl (C=O) groups excluding carboxylic acids is 2. The standard InChI is InChI=1S/C24H21ClN2O2/c1-16-12-17(2)14-20(13-16)26-24(29)19-9-10-21(25)22(15-19)27-23(28)11-8-18-6-4-3-5-7-18/h3-15H,1-2H3,(H,26,29)(H,27,28)/b11-8+. The van der Waals surface area contributed by atoms with E-state index < -0.39 is 0 Å². The maximum absolute atomic E-state index is 12.6. The quantitative estimate of drug-likeness (QED) is 0.523. The minimum atomic E-state index is -0.331. The average molecular weight is 405 g/mol. The van der Waals surface area contributed by atoms with Gasteiger partial charge in [-0.05, 0) is 66.9 Å². The van der Waals surface area contributed by atoms with Gasteiger partial charge < -0.3 is 10.6 Å². The van der Waals surface area contributed by atoms with Crippen LogP contribution in [0.1, 0.15) is 27.0 Å². The molecule has 146 valence electrons. The van der Waals surface area contributed by atoms with Gasteiger partial charge in [0.05, 0.1) is 10.7 Å². The predicted octanol–water partition coefficient (Wildman–Crippen LogP) is 5.86. The summed E-state index contributed by atoms with van der Waals surface area (Å²) in [6, 6.07) is 20.1. The molecular weight excluding hydrogens is 384 g/mol. The lowest BCUT2D eigenvalue weighted by atomic mass is 10.1. The molecule has 4 nitrogen and oxygen atoms in total. The molecule has 0 heterocycles. The van der Waals surface area contributed by atoms with Crippen LogP contribution < -0.4 is 10.6 Å². The second-order valence-corrected chi connectivity index (χ2v) is 7.17. The smallest absolute Gasteiger partial charge is 0.255 e. The zero-order valence-electron chi connectivity index (χ0n) is 16.2. The van der Waals surface area contributed by atoms with Crippen molar-refractivity contribution >= 4 is 40.9 Å². The van der Waals surface area contributed by atoms with Crippen molar-refractivity contribution in [2.24, 2.45) is 0 Å². The minimum Gasteiger partial charge on any atom is -0.322 e. The van der Waals surface area contributed by atoms with Crippen molar-refractivity contribution in [3.63, 3.8) is 0 Å². The molecule has 5 heteroatoms. The van der Waals surface area contributed by atoms with Crippen LogP contribution in [0.2, 0.25) is 5.02 Å². The van der Waals surface area contributed by atoms with Crippen molar-refractivity contribution in [1.82, 2.24) is 0 Å². The highest BCUT2D eigenvalue weighted by Crippen LogP contribution is 2.24. The molecule has 0 aliphatic rings. The van der Waals surface area contributed by atoms with Crippen molar-refractivity contribution in [2.75, 3.05) is 10.6 Å². The lowest BCUT2D eigenvalue weighted by molar-refractivity contribution is -0.111. The van der Waals surface area contributed by atoms with Crippen LogP contribution >= 0.6 is 11.6 Å². The van der Waals surface area contributed by atoms with Crippen LogP contribution in [0.4, 0.5) is 11.4 Å². The van der Waals surface area contributed by atoms with Gasteiger partial charge in [0.25, 0.3) is 5.91 Å². The van der Waals surface area contributed by atoms with Crippen LogP contribution in [0, 0.1) is 13.8 Å². The maximum atomic E-state index is 12.6. The summed E-state index contributed by atoms with van der Waals surface area (Å²) in [4.78, 5) is 24.8. The van der Waals surface area contributed by atoms with Crippen LogP contribution in [-0.2, 0) is 4.79 Å². The van der Waals surface area contributed by atoms with Crippen LogP contribution in [0.3, 0.4) is 0 Å². The normalized spacial score (nSPS) is 10.7. The number of amides is 2. The average Bonchev–Trinajstić information content (AvgIpc) is 2.68. The van der Waals surface area contributed by atoms with Gasteiger partial charge in [0.15, 0.2) is 0 Å². The monoisotopic (exact) mass is 404 g/mol. The second kappa shape index (κ2) is 9.22. The Hall–Kier alpha value is -3.37. The van der Waals surface area contributed by atoms with E-state index in [1.165, 1.54) is 6.08 Å². The molecule has 0 fully saturated rings. The molecule has 0 unspecified atom stereocenters. The van der Waals surface area contributed by atoms with Crippen LogP contribution in [0.5, 0.6) is 0 Å². The summed E-state index contributed by atoms with van der Waals surface area (Å²) in [6.45, 7) is 3.95. The highest BCUT2D eigenvalue weighted by Gasteiger charge is 2.11. The molecule has 0 spiro atoms. The number of hydrogen-bond acceptors (Lipinski definition) is 2. The van der Waals surface area contributed by atoms with E-state index in [-0.39, 0.29) is 11.8 Å². The lowest BCUT2D eigenvalue weighted by Crippen LogP contribution is -2.14. The molecule has 0 atom stereocenters. The number of hydrogen-bond donors (Lipinski definition) is 2. The Kier molecular flexibility index (Phi) is 6.47. The number of carbonyl (C=O) groups is 2. The molecule has 0 radical (unpaired) electrons. The summed E-state index contributed by atoms with van der Waals surface area (Å²) in [5.41, 5.74) is 4.54. The summed E-state index contributed by atoms with van der Waals surface area (Å²) in [7, 11) is 0. The number of benzene rings is 3. The highest BCUT2D eigenvalue weighted by molar-refractivity contribution is 6.34. The Labute approximate surface area is 175 Å². The highest BCUT2D eigenvalue weighted by atomic mass is 35.5. The van der Waals surface area contributed by atoms with Gasteiger partial charge in [-0.1, -0.05) is 48.0 Å². The first-order chi connectivity index (χ1) is 13.9. The van der Waals surface area contributed by atoms with Crippen molar-refractivity contribution in [2.45, 2.75) is 13.8 Å². The van der Waals surface area contributed by atoms with Gasteiger partial charge in [-0.25, -0.2) is 0 Å². The van der Waals surface area contributed by atoms with Gasteiger partial charge in [-0.2, -0.15) is 0 Å². The molecular formula is C24H21ClN2O2. The van der Waals surface area contributed by atoms with E-state index in [1.807, 2.05) is 62.4 Å². The molecule has 3 rings (SSSR count). The Morgan fingerprint density at radius 1 is 0.862 bits per heavy atom. The summed E-state index contributed by atoms with van der Waals surface area (Å²) in [6.07, 6.45) is 3.13. The number of rotatable bonds is 5. The Balaban J connectivity index is 1.72. The van der Waals surface area contributed by atoms with Crippen LogP contribution in [0.25, 0.3) is 6.08 Å². The molecule has 0 saturated carbocycles. The van der Waals surface area contributed by atoms with E-state index in [1.54, 1.807) is 24.3 Å². The maximum Gasteiger partial charge on any atom is 0.255 e. The molecule has 3 aromatic carbocycles. The van der Waals surface area contributed by atoms with Gasteiger partial charge in [-0.15, -0.1) is 0 Å². The van der Waals surface area contributed by atoms with Gasteiger partial charge in [0, 0.05) is 17.3 Å². The van der Waals surface area contributed by atoms with Gasteiger partial charge >= 0.3 is 0 Å². The van der Waals surface area contributed by atoms with Crippen molar-refractivity contribution < 1.29 is 9.59 Å². The molecule has 0 saturated heterocycles. The number of aryl methyl sites for hydroxylation is 2. The van der Waals surface area contributed by atoms with E-state index in [4.69, 9.17) is 11.6 Å². The summed E-state index contributed by atoms with van der Waals surface area (Å²) in [5.74, 6) is -0.607. The first kappa shape index (κ1) is 20.4. The summed E-state index contributed by atoms with van der Waals surface area (Å²) < 4.78 is 0. The molecule has 2 amide bonds. The number of nitrogens with one attached hydrogen (secondary N) is 2. The van der Waals surface area contributed by atoms with E-state index in [2.05, 4.69) is 10.6 Å². The summed E-state index contributed by atoms with van der Waals surface area (Å²) in [5, 5.41) is 5.95. The zero-order valence-corrected chi connectivity index (χ0v) is 17.0. The van der Waals surface area contributed by atoms with Crippen LogP contribution in [-0.4, -0.2) is 11.8 Å². The first-order valence-electron chi connectivity index (χ1n) is 9.14. The lowest BCUT2D eigenvalue weighted by Gasteiger charge is -2.10. The molecule has 3 aromatic rings. The molecule has 0 aliphatic carbocycles. The molecule has 2 N–H and O–H groups in total. The predicted molar refractivity (Wildman–Crippen MR) is 119 cm³/mol. The van der Waals surface area contributed by atoms with Gasteiger partial charge in [0.2, 0.25) is 5.91 Å². The molecule has 0 aromatic heterocycles. The van der Waals surface area contributed by atoms with Crippen LogP contribution in [0.15, 0.2) is 72.8 Å². The van der Waals surface area contributed by atoms with E-state index in [0.29, 0.717) is 16.3 Å². The Bertz CT molecular complexity index is 1060. The molecule has 0 bridgehead atoms. The SMILES string of the molecule is Cc1cc(C)cc(NC(=O)c2ccc(Cl)c(NC(=O)/C=C/c3ccccc3)c2)c1. The van der Waals surface area contributed by atoms with Crippen molar-refractivity contribution in [1.29, 1.82) is 0 Å². The largest absolute Gasteiger partial charge is 0.322 e. The fourth-order valence-electron chi connectivity index (χ4n) is 2.92. The van der Waals surface area contributed by atoms with E-state index >= 15 is 0 Å². The third kappa shape index (κ3) is 5.80. The summed E-state index contributed by atoms with van der Waals surface area (Å²) >= 11 is 6.19. The second-order valence-electron chi connectivity index (χ2n) is 6.76. The number of anilines is 2. The Morgan fingerprint density at radius 3 is 2.24 bits per heavy atom. The number of halogens is 1. The van der Waals surface area contributed by atoms with Gasteiger partial charge in [0.1, 0.15) is 0 Å². The topological polar surface area (TPSA) is 58.2 Å². The minimum absolute atomic E-state index is 0.276. The molecule has 29 heavy (non-hydrogen) atoms. The third-order valence-electron chi connectivity index (χ3n) is 4.19. The van der Waals surface area contributed by atoms with Crippen molar-refractivity contribution in [3.8, 4) is 0 Å². The van der Waals surface area contributed by atoms with Crippen molar-refractivity contribution in [3.05, 3.63) is 100 Å². The molecule has 0 aliphatic heterocycles. The van der Waals surface area contributed by atoms with Gasteiger partial charge in [-0.3, -0.25) is 9.59 Å². The van der Waals surface area contributed by atoms with E-state index in [9.17, 15) is 9.59 Å². The Morgan fingerprint density at radius 2 is 1.55 bits per heavy atom. The first-order valence-corrected chi connectivity index (χ1v) is 9.52. The fraction of sp³-hybridized carbons (Fsp3) is 0.0833. The third-order valence-corrected chi connectivity index (χ3v) is 4.52. The van der Waals surface area contributed by atoms with E-state index in [0.717, 1.165) is 22.4 Å².